The van der Waals surface area contributed by atoms with Gasteiger partial charge in [0.2, 0.25) is 0 Å². The Bertz CT molecular complexity index is 591. The van der Waals surface area contributed by atoms with Crippen molar-refractivity contribution < 1.29 is 14.2 Å². The number of fused-ring (bicyclic) bond motifs is 1. The first-order valence-corrected chi connectivity index (χ1v) is 8.18. The van der Waals surface area contributed by atoms with E-state index in [1.165, 1.54) is 5.56 Å². The van der Waals surface area contributed by atoms with Crippen LogP contribution in [0.2, 0.25) is 0 Å². The second-order valence-corrected chi connectivity index (χ2v) is 6.04. The minimum absolute atomic E-state index is 0.0337. The lowest BCUT2D eigenvalue weighted by Gasteiger charge is -2.34. The highest BCUT2D eigenvalue weighted by atomic mass is 16.6. The van der Waals surface area contributed by atoms with Crippen molar-refractivity contribution in [3.8, 4) is 0 Å². The molecule has 0 aromatic heterocycles. The van der Waals surface area contributed by atoms with Crippen molar-refractivity contribution in [2.75, 3.05) is 32.9 Å². The molecule has 5 nitrogen and oxygen atoms in total. The van der Waals surface area contributed by atoms with E-state index >= 15 is 0 Å². The van der Waals surface area contributed by atoms with Crippen LogP contribution in [0, 0.1) is 0 Å². The SMILES string of the molecule is C1=CNC2OC(c3ccc(CN4CCOCC4)cc3)COC2=C1. The fraction of sp³-hybridized carbons (Fsp3) is 0.444. The molecule has 0 spiro atoms. The van der Waals surface area contributed by atoms with Crippen LogP contribution in [0.5, 0.6) is 0 Å². The zero-order valence-electron chi connectivity index (χ0n) is 13.1. The van der Waals surface area contributed by atoms with Gasteiger partial charge in [0.1, 0.15) is 18.5 Å². The molecule has 3 heterocycles. The Morgan fingerprint density at radius 1 is 1.13 bits per heavy atom. The molecule has 23 heavy (non-hydrogen) atoms. The molecule has 2 unspecified atom stereocenters. The molecule has 1 aromatic carbocycles. The van der Waals surface area contributed by atoms with Gasteiger partial charge in [-0.2, -0.15) is 0 Å². The quantitative estimate of drug-likeness (QED) is 0.923. The molecule has 2 saturated heterocycles. The maximum Gasteiger partial charge on any atom is 0.186 e. The summed E-state index contributed by atoms with van der Waals surface area (Å²) in [7, 11) is 0. The molecular weight excluding hydrogens is 292 g/mol. The third-order valence-corrected chi connectivity index (χ3v) is 4.43. The van der Waals surface area contributed by atoms with Crippen molar-refractivity contribution in [1.29, 1.82) is 0 Å². The van der Waals surface area contributed by atoms with E-state index < -0.39 is 0 Å². The molecule has 0 radical (unpaired) electrons. The van der Waals surface area contributed by atoms with E-state index in [0.717, 1.165) is 44.2 Å². The topological polar surface area (TPSA) is 43.0 Å². The molecule has 1 N–H and O–H groups in total. The standard InChI is InChI=1S/C18H22N2O3/c1-2-16-18(19-7-1)23-17(13-22-16)15-5-3-14(4-6-15)12-20-8-10-21-11-9-20/h1-7,17-19H,8-13H2. The third kappa shape index (κ3) is 3.42. The number of benzene rings is 1. The maximum absolute atomic E-state index is 6.08. The number of hydrogen-bond acceptors (Lipinski definition) is 5. The Labute approximate surface area is 136 Å². The largest absolute Gasteiger partial charge is 0.490 e. The van der Waals surface area contributed by atoms with E-state index in [2.05, 4.69) is 34.5 Å². The van der Waals surface area contributed by atoms with Gasteiger partial charge in [-0.05, 0) is 29.5 Å². The summed E-state index contributed by atoms with van der Waals surface area (Å²) in [6.45, 7) is 5.23. The number of morpholine rings is 1. The van der Waals surface area contributed by atoms with Crippen molar-refractivity contribution in [2.24, 2.45) is 0 Å². The fourth-order valence-electron chi connectivity index (χ4n) is 3.09. The molecule has 0 bridgehead atoms. The summed E-state index contributed by atoms with van der Waals surface area (Å²) >= 11 is 0. The van der Waals surface area contributed by atoms with Crippen LogP contribution >= 0.6 is 0 Å². The minimum atomic E-state index is -0.174. The monoisotopic (exact) mass is 314 g/mol. The van der Waals surface area contributed by atoms with Crippen molar-refractivity contribution in [3.63, 3.8) is 0 Å². The summed E-state index contributed by atoms with van der Waals surface area (Å²) in [5, 5.41) is 3.17. The van der Waals surface area contributed by atoms with Crippen LogP contribution in [0.1, 0.15) is 17.2 Å². The van der Waals surface area contributed by atoms with Gasteiger partial charge in [0, 0.05) is 19.6 Å². The summed E-state index contributed by atoms with van der Waals surface area (Å²) in [6, 6.07) is 8.68. The van der Waals surface area contributed by atoms with E-state index in [1.807, 2.05) is 18.4 Å². The summed E-state index contributed by atoms with van der Waals surface area (Å²) < 4.78 is 17.3. The van der Waals surface area contributed by atoms with Crippen LogP contribution in [0.15, 0.2) is 48.4 Å². The predicted octanol–water partition coefficient (Wildman–Crippen LogP) is 1.93. The van der Waals surface area contributed by atoms with E-state index in [-0.39, 0.29) is 12.3 Å². The first-order valence-electron chi connectivity index (χ1n) is 8.18. The molecular formula is C18H22N2O3. The van der Waals surface area contributed by atoms with Crippen LogP contribution in [-0.4, -0.2) is 44.0 Å². The highest BCUT2D eigenvalue weighted by Gasteiger charge is 2.29. The van der Waals surface area contributed by atoms with Gasteiger partial charge >= 0.3 is 0 Å². The minimum Gasteiger partial charge on any atom is -0.490 e. The zero-order chi connectivity index (χ0) is 15.5. The highest BCUT2D eigenvalue weighted by Crippen LogP contribution is 2.29. The molecule has 3 aliphatic heterocycles. The number of hydrogen-bond donors (Lipinski definition) is 1. The van der Waals surface area contributed by atoms with Gasteiger partial charge in [-0.15, -0.1) is 0 Å². The van der Waals surface area contributed by atoms with Gasteiger partial charge in [0.25, 0.3) is 0 Å². The summed E-state index contributed by atoms with van der Waals surface area (Å²) in [5.41, 5.74) is 2.48. The second-order valence-electron chi connectivity index (χ2n) is 6.04. The lowest BCUT2D eigenvalue weighted by Crippen LogP contribution is -2.39. The predicted molar refractivity (Wildman–Crippen MR) is 86.5 cm³/mol. The molecule has 2 atom stereocenters. The van der Waals surface area contributed by atoms with Gasteiger partial charge < -0.3 is 19.5 Å². The van der Waals surface area contributed by atoms with Gasteiger partial charge in [-0.1, -0.05) is 24.3 Å². The van der Waals surface area contributed by atoms with Gasteiger partial charge in [0.15, 0.2) is 6.23 Å². The number of rotatable bonds is 3. The Kier molecular flexibility index (Phi) is 4.33. The maximum atomic E-state index is 6.08. The van der Waals surface area contributed by atoms with Gasteiger partial charge in [-0.25, -0.2) is 0 Å². The first kappa shape index (κ1) is 14.8. The molecule has 5 heteroatoms. The third-order valence-electron chi connectivity index (χ3n) is 4.43. The first-order chi connectivity index (χ1) is 11.4. The Morgan fingerprint density at radius 3 is 2.78 bits per heavy atom. The van der Waals surface area contributed by atoms with Crippen molar-refractivity contribution in [2.45, 2.75) is 18.9 Å². The van der Waals surface area contributed by atoms with Crippen molar-refractivity contribution in [3.05, 3.63) is 59.5 Å². The molecule has 2 fully saturated rings. The van der Waals surface area contributed by atoms with Crippen LogP contribution < -0.4 is 5.32 Å². The molecule has 3 aliphatic rings. The normalized spacial score (nSPS) is 27.6. The van der Waals surface area contributed by atoms with Gasteiger partial charge in [-0.3, -0.25) is 4.90 Å². The smallest absolute Gasteiger partial charge is 0.186 e. The number of nitrogens with one attached hydrogen (secondary N) is 1. The van der Waals surface area contributed by atoms with E-state index in [0.29, 0.717) is 6.61 Å². The van der Waals surface area contributed by atoms with Crippen molar-refractivity contribution in [1.82, 2.24) is 10.2 Å². The summed E-state index contributed by atoms with van der Waals surface area (Å²) in [5.74, 6) is 0.854. The summed E-state index contributed by atoms with van der Waals surface area (Å²) in [4.78, 5) is 2.42. The summed E-state index contributed by atoms with van der Waals surface area (Å²) in [6.07, 6.45) is 5.55. The van der Waals surface area contributed by atoms with Crippen LogP contribution in [-0.2, 0) is 20.8 Å². The molecule has 0 aliphatic carbocycles. The Hall–Kier alpha value is -1.82. The molecule has 1 aromatic rings. The molecule has 122 valence electrons. The van der Waals surface area contributed by atoms with Crippen LogP contribution in [0.25, 0.3) is 0 Å². The average Bonchev–Trinajstić information content (AvgIpc) is 2.63. The Morgan fingerprint density at radius 2 is 1.96 bits per heavy atom. The number of dihydropyridines is 1. The van der Waals surface area contributed by atoms with E-state index in [9.17, 15) is 0 Å². The van der Waals surface area contributed by atoms with Crippen LogP contribution in [0.3, 0.4) is 0 Å². The molecule has 4 rings (SSSR count). The van der Waals surface area contributed by atoms with E-state index in [1.54, 1.807) is 0 Å². The second kappa shape index (κ2) is 6.74. The number of nitrogens with zero attached hydrogens (tertiary/aromatic N) is 1. The number of ether oxygens (including phenoxy) is 3. The van der Waals surface area contributed by atoms with Crippen molar-refractivity contribution >= 4 is 0 Å². The van der Waals surface area contributed by atoms with E-state index in [4.69, 9.17) is 14.2 Å². The Balaban J connectivity index is 1.38. The van der Waals surface area contributed by atoms with Crippen LogP contribution in [0.4, 0.5) is 0 Å². The highest BCUT2D eigenvalue weighted by molar-refractivity contribution is 5.26. The lowest BCUT2D eigenvalue weighted by atomic mass is 10.1. The zero-order valence-corrected chi connectivity index (χ0v) is 13.1. The average molecular weight is 314 g/mol. The van der Waals surface area contributed by atoms with Gasteiger partial charge in [0.05, 0.1) is 13.2 Å². The fourth-order valence-corrected chi connectivity index (χ4v) is 3.09. The molecule has 0 saturated carbocycles. The lowest BCUT2D eigenvalue weighted by molar-refractivity contribution is -0.109. The molecule has 0 amide bonds. The number of allylic oxidation sites excluding steroid dienone is 2.